The number of carbonyl (C=O) groups excluding carboxylic acids is 2. The molecule has 0 saturated carbocycles. The van der Waals surface area contributed by atoms with Crippen LogP contribution in [0.5, 0.6) is 0 Å². The molecule has 8 nitrogen and oxygen atoms in total. The number of Topliss-reactive ketones (excluding diaryl/α,β-unsaturated/α-hetero) is 1. The Morgan fingerprint density at radius 3 is 3.00 bits per heavy atom. The predicted molar refractivity (Wildman–Crippen MR) is 94.6 cm³/mol. The van der Waals surface area contributed by atoms with E-state index >= 15 is 0 Å². The molecule has 0 spiro atoms. The van der Waals surface area contributed by atoms with E-state index in [1.54, 1.807) is 30.1 Å². The van der Waals surface area contributed by atoms with Gasteiger partial charge in [-0.15, -0.1) is 11.3 Å². The van der Waals surface area contributed by atoms with Crippen LogP contribution in [0.2, 0.25) is 0 Å². The van der Waals surface area contributed by atoms with Crippen molar-refractivity contribution in [2.75, 3.05) is 12.4 Å². The minimum atomic E-state index is -0.546. The lowest BCUT2D eigenvalue weighted by atomic mass is 10.3. The molecule has 0 radical (unpaired) electrons. The van der Waals surface area contributed by atoms with Gasteiger partial charge in [0.25, 0.3) is 0 Å². The SMILES string of the molecule is Cn1ncc2c(SCC(=O)c3ccc(CNC(=O)CO)s3)ncnc21. The van der Waals surface area contributed by atoms with Crippen molar-refractivity contribution in [3.63, 3.8) is 0 Å². The average molecular weight is 377 g/mol. The van der Waals surface area contributed by atoms with Crippen LogP contribution in [-0.4, -0.2) is 48.9 Å². The van der Waals surface area contributed by atoms with Crippen LogP contribution >= 0.6 is 23.1 Å². The molecule has 3 rings (SSSR count). The van der Waals surface area contributed by atoms with E-state index in [0.29, 0.717) is 11.4 Å². The van der Waals surface area contributed by atoms with Crippen LogP contribution in [0.3, 0.4) is 0 Å². The third-order valence-corrected chi connectivity index (χ3v) is 5.50. The van der Waals surface area contributed by atoms with Gasteiger partial charge in [-0.3, -0.25) is 14.3 Å². The van der Waals surface area contributed by atoms with E-state index in [0.717, 1.165) is 20.9 Å². The summed E-state index contributed by atoms with van der Waals surface area (Å²) in [5, 5.41) is 16.9. The minimum Gasteiger partial charge on any atom is -0.387 e. The van der Waals surface area contributed by atoms with Gasteiger partial charge in [-0.05, 0) is 12.1 Å². The number of carbonyl (C=O) groups is 2. The number of aryl methyl sites for hydroxylation is 1. The molecule has 3 aromatic heterocycles. The summed E-state index contributed by atoms with van der Waals surface area (Å²) < 4.78 is 1.66. The highest BCUT2D eigenvalue weighted by Crippen LogP contribution is 2.26. The third kappa shape index (κ3) is 4.03. The van der Waals surface area contributed by atoms with Crippen molar-refractivity contribution >= 4 is 45.8 Å². The summed E-state index contributed by atoms with van der Waals surface area (Å²) in [7, 11) is 1.80. The van der Waals surface area contributed by atoms with Crippen LogP contribution in [-0.2, 0) is 18.4 Å². The molecule has 0 atom stereocenters. The van der Waals surface area contributed by atoms with Crippen LogP contribution in [0.15, 0.2) is 29.7 Å². The molecular formula is C15H15N5O3S2. The van der Waals surface area contributed by atoms with E-state index < -0.39 is 12.5 Å². The van der Waals surface area contributed by atoms with Crippen molar-refractivity contribution in [1.29, 1.82) is 0 Å². The number of aliphatic hydroxyl groups is 1. The lowest BCUT2D eigenvalue weighted by Gasteiger charge is -2.01. The van der Waals surface area contributed by atoms with Gasteiger partial charge in [-0.1, -0.05) is 11.8 Å². The van der Waals surface area contributed by atoms with Gasteiger partial charge in [0.05, 0.1) is 28.8 Å². The number of fused-ring (bicyclic) bond motifs is 1. The first-order chi connectivity index (χ1) is 12.1. The molecular weight excluding hydrogens is 362 g/mol. The van der Waals surface area contributed by atoms with E-state index in [4.69, 9.17) is 5.11 Å². The van der Waals surface area contributed by atoms with E-state index in [-0.39, 0.29) is 11.5 Å². The highest BCUT2D eigenvalue weighted by molar-refractivity contribution is 8.00. The topological polar surface area (TPSA) is 110 Å². The van der Waals surface area contributed by atoms with Crippen molar-refractivity contribution in [3.05, 3.63) is 34.4 Å². The van der Waals surface area contributed by atoms with Gasteiger partial charge < -0.3 is 10.4 Å². The molecule has 0 aliphatic heterocycles. The standard InChI is InChI=1S/C15H15N5O3S2/c1-20-14-10(5-19-20)15(18-8-17-14)24-7-11(22)12-3-2-9(25-12)4-16-13(23)6-21/h2-3,5,8,21H,4,6-7H2,1H3,(H,16,23). The maximum Gasteiger partial charge on any atom is 0.246 e. The molecule has 3 heterocycles. The zero-order valence-electron chi connectivity index (χ0n) is 13.3. The minimum absolute atomic E-state index is 0.00890. The van der Waals surface area contributed by atoms with Crippen LogP contribution < -0.4 is 5.32 Å². The summed E-state index contributed by atoms with van der Waals surface area (Å²) >= 11 is 2.68. The predicted octanol–water partition coefficient (Wildman–Crippen LogP) is 1.01. The number of nitrogens with zero attached hydrogens (tertiary/aromatic N) is 4. The number of ketones is 1. The molecule has 0 fully saturated rings. The van der Waals surface area contributed by atoms with E-state index in [1.165, 1.54) is 29.4 Å². The molecule has 25 heavy (non-hydrogen) atoms. The number of hydrogen-bond donors (Lipinski definition) is 2. The van der Waals surface area contributed by atoms with Crippen LogP contribution in [0, 0.1) is 0 Å². The fourth-order valence-electron chi connectivity index (χ4n) is 2.13. The number of nitrogens with one attached hydrogen (secondary N) is 1. The highest BCUT2D eigenvalue weighted by Gasteiger charge is 2.14. The fraction of sp³-hybridized carbons (Fsp3) is 0.267. The molecule has 0 unspecified atom stereocenters. The number of amides is 1. The summed E-state index contributed by atoms with van der Waals surface area (Å²) in [6, 6.07) is 3.54. The number of aliphatic hydroxyl groups excluding tert-OH is 1. The number of thiophene rings is 1. The van der Waals surface area contributed by atoms with Crippen molar-refractivity contribution in [3.8, 4) is 0 Å². The molecule has 2 N–H and O–H groups in total. The van der Waals surface area contributed by atoms with Gasteiger partial charge in [-0.25, -0.2) is 9.97 Å². The Labute approximate surface area is 151 Å². The second kappa shape index (κ2) is 7.72. The molecule has 10 heteroatoms. The van der Waals surface area contributed by atoms with E-state index in [1.807, 2.05) is 0 Å². The monoisotopic (exact) mass is 377 g/mol. The van der Waals surface area contributed by atoms with Crippen LogP contribution in [0.25, 0.3) is 11.0 Å². The zero-order valence-corrected chi connectivity index (χ0v) is 14.9. The van der Waals surface area contributed by atoms with Gasteiger partial charge >= 0.3 is 0 Å². The Bertz CT molecular complexity index is 921. The first-order valence-corrected chi connectivity index (χ1v) is 9.13. The zero-order chi connectivity index (χ0) is 17.8. The van der Waals surface area contributed by atoms with Crippen LogP contribution in [0.4, 0.5) is 0 Å². The van der Waals surface area contributed by atoms with E-state index in [9.17, 15) is 9.59 Å². The Kier molecular flexibility index (Phi) is 5.41. The first-order valence-electron chi connectivity index (χ1n) is 7.33. The number of aromatic nitrogens is 4. The molecule has 0 aliphatic rings. The normalized spacial score (nSPS) is 11.0. The van der Waals surface area contributed by atoms with Gasteiger partial charge in [0.1, 0.15) is 18.0 Å². The number of hydrogen-bond acceptors (Lipinski definition) is 8. The maximum atomic E-state index is 12.4. The Balaban J connectivity index is 1.62. The van der Waals surface area contributed by atoms with Crippen molar-refractivity contribution < 1.29 is 14.7 Å². The van der Waals surface area contributed by atoms with Crippen molar-refractivity contribution in [2.45, 2.75) is 11.6 Å². The highest BCUT2D eigenvalue weighted by atomic mass is 32.2. The quantitative estimate of drug-likeness (QED) is 0.359. The average Bonchev–Trinajstić information content (AvgIpc) is 3.25. The molecule has 1 amide bonds. The van der Waals surface area contributed by atoms with Crippen LogP contribution in [0.1, 0.15) is 14.5 Å². The number of rotatable bonds is 7. The van der Waals surface area contributed by atoms with Gasteiger partial charge in [0, 0.05) is 11.9 Å². The fourth-order valence-corrected chi connectivity index (χ4v) is 3.95. The smallest absolute Gasteiger partial charge is 0.246 e. The molecule has 0 saturated heterocycles. The second-order valence-corrected chi connectivity index (χ2v) is 7.23. The summed E-state index contributed by atoms with van der Waals surface area (Å²) in [5.41, 5.74) is 0.725. The maximum absolute atomic E-state index is 12.4. The Hall–Kier alpha value is -2.30. The molecule has 3 aromatic rings. The molecule has 0 aliphatic carbocycles. The first kappa shape index (κ1) is 17.5. The van der Waals surface area contributed by atoms with Crippen molar-refractivity contribution in [1.82, 2.24) is 25.1 Å². The Morgan fingerprint density at radius 2 is 2.20 bits per heavy atom. The Morgan fingerprint density at radius 1 is 1.36 bits per heavy atom. The van der Waals surface area contributed by atoms with Gasteiger partial charge in [0.15, 0.2) is 11.4 Å². The third-order valence-electron chi connectivity index (χ3n) is 3.37. The summed E-state index contributed by atoms with van der Waals surface area (Å²) in [4.78, 5) is 33.3. The summed E-state index contributed by atoms with van der Waals surface area (Å²) in [6.07, 6.45) is 3.15. The van der Waals surface area contributed by atoms with Crippen molar-refractivity contribution in [2.24, 2.45) is 7.05 Å². The second-order valence-electron chi connectivity index (χ2n) is 5.10. The number of thioether (sulfide) groups is 1. The lowest BCUT2D eigenvalue weighted by molar-refractivity contribution is -0.123. The molecule has 0 bridgehead atoms. The largest absolute Gasteiger partial charge is 0.387 e. The van der Waals surface area contributed by atoms with Gasteiger partial charge in [0.2, 0.25) is 5.91 Å². The molecule has 0 aromatic carbocycles. The lowest BCUT2D eigenvalue weighted by Crippen LogP contribution is -2.25. The molecule has 130 valence electrons. The summed E-state index contributed by atoms with van der Waals surface area (Å²) in [5.74, 6) is -0.198. The van der Waals surface area contributed by atoms with Gasteiger partial charge in [-0.2, -0.15) is 5.10 Å². The van der Waals surface area contributed by atoms with E-state index in [2.05, 4.69) is 20.4 Å². The summed E-state index contributed by atoms with van der Waals surface area (Å²) in [6.45, 7) is -0.248.